The molecule has 0 radical (unpaired) electrons. The first-order valence-corrected chi connectivity index (χ1v) is 9.39. The molecule has 0 spiro atoms. The summed E-state index contributed by atoms with van der Waals surface area (Å²) in [6.45, 7) is 1.87. The van der Waals surface area contributed by atoms with Crippen LogP contribution in [-0.2, 0) is 4.79 Å². The first-order chi connectivity index (χ1) is 13.2. The van der Waals surface area contributed by atoms with Gasteiger partial charge in [-0.25, -0.2) is 4.68 Å². The molecule has 1 aromatic heterocycles. The number of aromatic nitrogens is 3. The molecule has 0 unspecified atom stereocenters. The number of rotatable bonds is 4. The van der Waals surface area contributed by atoms with Crippen LogP contribution in [0.2, 0.25) is 0 Å². The first-order valence-electron chi connectivity index (χ1n) is 8.51. The van der Waals surface area contributed by atoms with Crippen molar-refractivity contribution < 1.29 is 9.53 Å². The number of ether oxygens (including phenoxy) is 1. The molecule has 2 atom stereocenters. The lowest BCUT2D eigenvalue weighted by Gasteiger charge is -2.32. The van der Waals surface area contributed by atoms with Crippen LogP contribution in [0.4, 0.5) is 5.69 Å². The third-order valence-corrected chi connectivity index (χ3v) is 5.59. The fourth-order valence-electron chi connectivity index (χ4n) is 2.96. The van der Waals surface area contributed by atoms with Crippen LogP contribution < -0.4 is 15.5 Å². The Morgan fingerprint density at radius 3 is 2.59 bits per heavy atom. The number of methoxy groups -OCH3 is 1. The van der Waals surface area contributed by atoms with Gasteiger partial charge in [-0.15, -0.1) is 10.2 Å². The molecule has 138 valence electrons. The number of anilines is 1. The molecule has 0 saturated heterocycles. The summed E-state index contributed by atoms with van der Waals surface area (Å²) in [4.78, 5) is 13.0. The van der Waals surface area contributed by atoms with Crippen LogP contribution >= 0.6 is 11.8 Å². The van der Waals surface area contributed by atoms with E-state index in [0.29, 0.717) is 5.16 Å². The molecule has 1 aliphatic heterocycles. The van der Waals surface area contributed by atoms with Gasteiger partial charge in [-0.05, 0) is 36.8 Å². The summed E-state index contributed by atoms with van der Waals surface area (Å²) in [6.07, 6.45) is 0. The molecule has 2 N–H and O–H groups in total. The molecule has 0 saturated carbocycles. The van der Waals surface area contributed by atoms with E-state index in [0.717, 1.165) is 22.8 Å². The molecule has 7 nitrogen and oxygen atoms in total. The van der Waals surface area contributed by atoms with Crippen LogP contribution in [0.3, 0.4) is 0 Å². The third kappa shape index (κ3) is 3.48. The SMILES string of the molecule is COc1ccc([C@@H]2Nn3c(C)nnc3S[C@H]2C(=O)Nc2ccccc2)cc1. The Labute approximate surface area is 161 Å². The van der Waals surface area contributed by atoms with Crippen LogP contribution in [0.25, 0.3) is 0 Å². The quantitative estimate of drug-likeness (QED) is 0.723. The van der Waals surface area contributed by atoms with Gasteiger partial charge in [-0.3, -0.25) is 4.79 Å². The van der Waals surface area contributed by atoms with Crippen LogP contribution in [0.1, 0.15) is 17.4 Å². The Morgan fingerprint density at radius 1 is 1.15 bits per heavy atom. The maximum Gasteiger partial charge on any atom is 0.240 e. The summed E-state index contributed by atoms with van der Waals surface area (Å²) in [5.41, 5.74) is 5.13. The molecule has 0 bridgehead atoms. The average molecular weight is 381 g/mol. The number of nitrogens with zero attached hydrogens (tertiary/aromatic N) is 3. The number of hydrogen-bond donors (Lipinski definition) is 2. The van der Waals surface area contributed by atoms with Crippen molar-refractivity contribution >= 4 is 23.4 Å². The highest BCUT2D eigenvalue weighted by Crippen LogP contribution is 2.37. The van der Waals surface area contributed by atoms with Crippen LogP contribution in [0.5, 0.6) is 5.75 Å². The zero-order valence-corrected chi connectivity index (χ0v) is 15.7. The topological polar surface area (TPSA) is 81.1 Å². The predicted octanol–water partition coefficient (Wildman–Crippen LogP) is 2.99. The maximum atomic E-state index is 13.0. The summed E-state index contributed by atoms with van der Waals surface area (Å²) in [6, 6.07) is 16.9. The van der Waals surface area contributed by atoms with Gasteiger partial charge in [0.25, 0.3) is 0 Å². The van der Waals surface area contributed by atoms with Crippen molar-refractivity contribution in [2.24, 2.45) is 0 Å². The van der Waals surface area contributed by atoms with Gasteiger partial charge >= 0.3 is 0 Å². The predicted molar refractivity (Wildman–Crippen MR) is 105 cm³/mol. The van der Waals surface area contributed by atoms with Gasteiger partial charge in [0.05, 0.1) is 13.2 Å². The molecule has 8 heteroatoms. The van der Waals surface area contributed by atoms with E-state index in [1.54, 1.807) is 7.11 Å². The second-order valence-corrected chi connectivity index (χ2v) is 7.25. The molecule has 3 aromatic rings. The highest BCUT2D eigenvalue weighted by Gasteiger charge is 2.37. The molecule has 1 amide bonds. The number of carbonyl (C=O) groups excluding carboxylic acids is 1. The number of hydrogen-bond acceptors (Lipinski definition) is 6. The lowest BCUT2D eigenvalue weighted by atomic mass is 10.0. The Balaban J connectivity index is 1.66. The molecule has 1 aliphatic rings. The largest absolute Gasteiger partial charge is 0.497 e. The van der Waals surface area contributed by atoms with Crippen molar-refractivity contribution in [1.82, 2.24) is 14.9 Å². The zero-order chi connectivity index (χ0) is 18.8. The van der Waals surface area contributed by atoms with Crippen molar-refractivity contribution in [1.29, 1.82) is 0 Å². The summed E-state index contributed by atoms with van der Waals surface area (Å²) in [5.74, 6) is 1.43. The van der Waals surface area contributed by atoms with E-state index in [1.807, 2.05) is 66.2 Å². The van der Waals surface area contributed by atoms with E-state index < -0.39 is 5.25 Å². The molecular weight excluding hydrogens is 362 g/mol. The van der Waals surface area contributed by atoms with Crippen molar-refractivity contribution in [3.63, 3.8) is 0 Å². The highest BCUT2D eigenvalue weighted by atomic mass is 32.2. The van der Waals surface area contributed by atoms with Gasteiger partial charge in [0.1, 0.15) is 16.8 Å². The standard InChI is InChI=1S/C19H19N5O2S/c1-12-21-22-19-24(12)23-16(13-8-10-15(26-2)11-9-13)17(27-19)18(25)20-14-6-4-3-5-7-14/h3-11,16-17,23H,1-2H3,(H,20,25)/t16-,17+/m0/s1. The van der Waals surface area contributed by atoms with Crippen molar-refractivity contribution in [3.8, 4) is 5.75 Å². The number of fused-ring (bicyclic) bond motifs is 1. The fourth-order valence-corrected chi connectivity index (χ4v) is 4.08. The molecule has 4 rings (SSSR count). The number of thioether (sulfide) groups is 1. The van der Waals surface area contributed by atoms with E-state index >= 15 is 0 Å². The van der Waals surface area contributed by atoms with Crippen LogP contribution in [-0.4, -0.2) is 33.1 Å². The van der Waals surface area contributed by atoms with Gasteiger partial charge in [0.15, 0.2) is 0 Å². The minimum Gasteiger partial charge on any atom is -0.497 e. The van der Waals surface area contributed by atoms with E-state index in [4.69, 9.17) is 4.74 Å². The lowest BCUT2D eigenvalue weighted by Crippen LogP contribution is -2.41. The number of aryl methyl sites for hydroxylation is 1. The number of benzene rings is 2. The van der Waals surface area contributed by atoms with E-state index in [9.17, 15) is 4.79 Å². The third-order valence-electron chi connectivity index (χ3n) is 4.37. The van der Waals surface area contributed by atoms with Crippen molar-refractivity contribution in [3.05, 3.63) is 66.0 Å². The Bertz CT molecular complexity index is 942. The Kier molecular flexibility index (Phi) is 4.72. The number of carbonyl (C=O) groups is 1. The molecule has 0 aliphatic carbocycles. The van der Waals surface area contributed by atoms with Gasteiger partial charge in [-0.2, -0.15) is 0 Å². The minimum atomic E-state index is -0.408. The van der Waals surface area contributed by atoms with E-state index in [1.165, 1.54) is 11.8 Å². The van der Waals surface area contributed by atoms with Crippen molar-refractivity contribution in [2.75, 3.05) is 17.9 Å². The summed E-state index contributed by atoms with van der Waals surface area (Å²) >= 11 is 1.40. The van der Waals surface area contributed by atoms with Gasteiger partial charge in [0.2, 0.25) is 11.1 Å². The second kappa shape index (κ2) is 7.32. The molecule has 2 heterocycles. The van der Waals surface area contributed by atoms with E-state index in [2.05, 4.69) is 20.9 Å². The summed E-state index contributed by atoms with van der Waals surface area (Å²) in [5, 5.41) is 11.5. The van der Waals surface area contributed by atoms with Gasteiger partial charge in [0, 0.05) is 5.69 Å². The number of para-hydroxylation sites is 1. The zero-order valence-electron chi connectivity index (χ0n) is 14.9. The van der Waals surface area contributed by atoms with Gasteiger partial charge < -0.3 is 15.5 Å². The number of nitrogens with one attached hydrogen (secondary N) is 2. The average Bonchev–Trinajstić information content (AvgIpc) is 3.08. The van der Waals surface area contributed by atoms with Crippen molar-refractivity contribution in [2.45, 2.75) is 23.4 Å². The highest BCUT2D eigenvalue weighted by molar-refractivity contribution is 8.00. The van der Waals surface area contributed by atoms with Crippen LogP contribution in [0.15, 0.2) is 59.8 Å². The smallest absolute Gasteiger partial charge is 0.240 e. The molecule has 0 fully saturated rings. The summed E-state index contributed by atoms with van der Waals surface area (Å²) in [7, 11) is 1.63. The Hall–Kier alpha value is -3.00. The fraction of sp³-hybridized carbons (Fsp3) is 0.211. The van der Waals surface area contributed by atoms with Crippen LogP contribution in [0, 0.1) is 6.92 Å². The number of amides is 1. The lowest BCUT2D eigenvalue weighted by molar-refractivity contribution is -0.116. The normalized spacial score (nSPS) is 18.3. The molecular formula is C19H19N5O2S. The van der Waals surface area contributed by atoms with Gasteiger partial charge in [-0.1, -0.05) is 42.1 Å². The second-order valence-electron chi connectivity index (χ2n) is 6.14. The Morgan fingerprint density at radius 2 is 1.89 bits per heavy atom. The molecule has 2 aromatic carbocycles. The minimum absolute atomic E-state index is 0.0913. The van der Waals surface area contributed by atoms with E-state index in [-0.39, 0.29) is 11.9 Å². The monoisotopic (exact) mass is 381 g/mol. The maximum absolute atomic E-state index is 13.0. The molecule has 27 heavy (non-hydrogen) atoms. The first kappa shape index (κ1) is 17.4. The summed E-state index contributed by atoms with van der Waals surface area (Å²) < 4.78 is 7.07.